The standard InChI is InChI=1S/C15H22O3/c1-15(2)7-6-10(16)11-8-4-5-9(13(8)15)12(11)14(17)18-3/h8-9,11-13H,4-7H2,1-3H3/t8-,9+,11+,12-,13+/m0/s1. The zero-order valence-electron chi connectivity index (χ0n) is 11.4. The van der Waals surface area contributed by atoms with Crippen molar-refractivity contribution in [3.63, 3.8) is 0 Å². The van der Waals surface area contributed by atoms with Gasteiger partial charge in [0.25, 0.3) is 0 Å². The SMILES string of the molecule is COC(=O)[C@H]1[C@H]2CC[C@H]3[C@@H]1C(=O)CCC(C)(C)[C@@H]23. The van der Waals surface area contributed by atoms with Crippen molar-refractivity contribution in [1.82, 2.24) is 0 Å². The summed E-state index contributed by atoms with van der Waals surface area (Å²) in [4.78, 5) is 24.4. The Hall–Kier alpha value is -0.860. The monoisotopic (exact) mass is 250 g/mol. The molecule has 0 aliphatic heterocycles. The van der Waals surface area contributed by atoms with Gasteiger partial charge in [0.2, 0.25) is 0 Å². The van der Waals surface area contributed by atoms with Crippen LogP contribution in [0.4, 0.5) is 0 Å². The summed E-state index contributed by atoms with van der Waals surface area (Å²) in [5.41, 5.74) is 0.193. The molecule has 0 N–H and O–H groups in total. The van der Waals surface area contributed by atoms with E-state index >= 15 is 0 Å². The normalized spacial score (nSPS) is 44.8. The molecule has 0 unspecified atom stereocenters. The second kappa shape index (κ2) is 3.82. The quantitative estimate of drug-likeness (QED) is 0.671. The number of carbonyl (C=O) groups excluding carboxylic acids is 2. The van der Waals surface area contributed by atoms with Crippen LogP contribution in [0.25, 0.3) is 0 Å². The second-order valence-corrected chi connectivity index (χ2v) is 6.96. The number of esters is 1. The minimum Gasteiger partial charge on any atom is -0.469 e. The van der Waals surface area contributed by atoms with Gasteiger partial charge in [-0.15, -0.1) is 0 Å². The average molecular weight is 250 g/mol. The van der Waals surface area contributed by atoms with E-state index in [1.165, 1.54) is 7.11 Å². The highest BCUT2D eigenvalue weighted by atomic mass is 16.5. The summed E-state index contributed by atoms with van der Waals surface area (Å²) in [5.74, 6) is 1.33. The maximum atomic E-state index is 12.4. The van der Waals surface area contributed by atoms with E-state index in [0.717, 1.165) is 19.3 Å². The molecule has 3 aliphatic carbocycles. The zero-order chi connectivity index (χ0) is 13.1. The van der Waals surface area contributed by atoms with Crippen molar-refractivity contribution in [3.05, 3.63) is 0 Å². The molecule has 100 valence electrons. The largest absolute Gasteiger partial charge is 0.469 e. The van der Waals surface area contributed by atoms with Gasteiger partial charge in [-0.25, -0.2) is 0 Å². The van der Waals surface area contributed by atoms with E-state index in [1.54, 1.807) is 0 Å². The zero-order valence-corrected chi connectivity index (χ0v) is 11.4. The third-order valence-corrected chi connectivity index (χ3v) is 5.83. The minimum absolute atomic E-state index is 0.0389. The van der Waals surface area contributed by atoms with Crippen molar-refractivity contribution >= 4 is 11.8 Å². The highest BCUT2D eigenvalue weighted by molar-refractivity contribution is 5.88. The van der Waals surface area contributed by atoms with E-state index in [-0.39, 0.29) is 23.2 Å². The molecule has 0 aromatic rings. The van der Waals surface area contributed by atoms with Crippen molar-refractivity contribution in [1.29, 1.82) is 0 Å². The van der Waals surface area contributed by atoms with Crippen LogP contribution in [0.5, 0.6) is 0 Å². The topological polar surface area (TPSA) is 43.4 Å². The van der Waals surface area contributed by atoms with E-state index in [2.05, 4.69) is 13.8 Å². The highest BCUT2D eigenvalue weighted by Gasteiger charge is 2.64. The molecular formula is C15H22O3. The fourth-order valence-electron chi connectivity index (χ4n) is 5.23. The number of hydrogen-bond donors (Lipinski definition) is 0. The van der Waals surface area contributed by atoms with Crippen molar-refractivity contribution in [3.8, 4) is 0 Å². The molecule has 0 saturated heterocycles. The van der Waals surface area contributed by atoms with Gasteiger partial charge in [-0.3, -0.25) is 9.59 Å². The molecule has 0 radical (unpaired) electrons. The predicted molar refractivity (Wildman–Crippen MR) is 66.7 cm³/mol. The first-order valence-corrected chi connectivity index (χ1v) is 7.08. The number of methoxy groups -OCH3 is 1. The lowest BCUT2D eigenvalue weighted by Crippen LogP contribution is -2.36. The molecule has 0 amide bonds. The average Bonchev–Trinajstić information content (AvgIpc) is 2.87. The van der Waals surface area contributed by atoms with Crippen LogP contribution >= 0.6 is 0 Å². The van der Waals surface area contributed by atoms with E-state index in [9.17, 15) is 9.59 Å². The Morgan fingerprint density at radius 3 is 2.61 bits per heavy atom. The summed E-state index contributed by atoms with van der Waals surface area (Å²) in [6.07, 6.45) is 3.85. The lowest BCUT2D eigenvalue weighted by atomic mass is 9.69. The van der Waals surface area contributed by atoms with E-state index in [4.69, 9.17) is 4.74 Å². The molecule has 0 aromatic heterocycles. The molecule has 18 heavy (non-hydrogen) atoms. The fourth-order valence-corrected chi connectivity index (χ4v) is 5.23. The third kappa shape index (κ3) is 1.42. The van der Waals surface area contributed by atoms with Gasteiger partial charge >= 0.3 is 5.97 Å². The van der Waals surface area contributed by atoms with Crippen LogP contribution in [0, 0.1) is 35.0 Å². The molecule has 3 fully saturated rings. The van der Waals surface area contributed by atoms with Gasteiger partial charge in [0.15, 0.2) is 0 Å². The van der Waals surface area contributed by atoms with Crippen molar-refractivity contribution < 1.29 is 14.3 Å². The van der Waals surface area contributed by atoms with Crippen molar-refractivity contribution in [2.45, 2.75) is 39.5 Å². The van der Waals surface area contributed by atoms with Gasteiger partial charge < -0.3 is 4.74 Å². The number of carbonyl (C=O) groups is 2. The maximum absolute atomic E-state index is 12.4. The molecule has 0 spiro atoms. The smallest absolute Gasteiger partial charge is 0.309 e. The van der Waals surface area contributed by atoms with E-state index in [0.29, 0.717) is 30.0 Å². The summed E-state index contributed by atoms with van der Waals surface area (Å²) in [6.45, 7) is 4.55. The number of ether oxygens (including phenoxy) is 1. The first-order chi connectivity index (χ1) is 8.47. The van der Waals surface area contributed by atoms with Crippen molar-refractivity contribution in [2.75, 3.05) is 7.11 Å². The summed E-state index contributed by atoms with van der Waals surface area (Å²) < 4.78 is 4.96. The van der Waals surface area contributed by atoms with Crippen LogP contribution in [-0.2, 0) is 14.3 Å². The Kier molecular flexibility index (Phi) is 2.58. The van der Waals surface area contributed by atoms with Gasteiger partial charge in [-0.05, 0) is 42.4 Å². The lowest BCUT2D eigenvalue weighted by Gasteiger charge is -2.35. The van der Waals surface area contributed by atoms with Gasteiger partial charge in [0.1, 0.15) is 5.78 Å². The molecule has 3 nitrogen and oxygen atoms in total. The molecule has 3 rings (SSSR count). The van der Waals surface area contributed by atoms with Crippen LogP contribution in [0.1, 0.15) is 39.5 Å². The summed E-state index contributed by atoms with van der Waals surface area (Å²) >= 11 is 0. The summed E-state index contributed by atoms with van der Waals surface area (Å²) in [6, 6.07) is 0. The summed E-state index contributed by atoms with van der Waals surface area (Å²) in [5, 5.41) is 0. The molecule has 0 aromatic carbocycles. The Labute approximate surface area is 108 Å². The van der Waals surface area contributed by atoms with Gasteiger partial charge in [0, 0.05) is 12.3 Å². The number of Topliss-reactive ketones (excluding diaryl/α,β-unsaturated/α-hetero) is 1. The van der Waals surface area contributed by atoms with Crippen LogP contribution < -0.4 is 0 Å². The molecular weight excluding hydrogens is 228 g/mol. The number of rotatable bonds is 1. The number of hydrogen-bond acceptors (Lipinski definition) is 3. The predicted octanol–water partition coefficient (Wildman–Crippen LogP) is 2.44. The van der Waals surface area contributed by atoms with Crippen molar-refractivity contribution in [2.24, 2.45) is 35.0 Å². The maximum Gasteiger partial charge on any atom is 0.309 e. The minimum atomic E-state index is -0.150. The van der Waals surface area contributed by atoms with Crippen LogP contribution in [-0.4, -0.2) is 18.9 Å². The van der Waals surface area contributed by atoms with Crippen LogP contribution in [0.2, 0.25) is 0 Å². The second-order valence-electron chi connectivity index (χ2n) is 6.96. The van der Waals surface area contributed by atoms with E-state index in [1.807, 2.05) is 0 Å². The van der Waals surface area contributed by atoms with Crippen LogP contribution in [0.3, 0.4) is 0 Å². The van der Waals surface area contributed by atoms with Gasteiger partial charge in [-0.2, -0.15) is 0 Å². The Bertz CT molecular complexity index is 399. The first kappa shape index (κ1) is 12.2. The first-order valence-electron chi connectivity index (χ1n) is 7.08. The Morgan fingerprint density at radius 2 is 1.94 bits per heavy atom. The Balaban J connectivity index is 2.03. The third-order valence-electron chi connectivity index (χ3n) is 5.83. The fraction of sp³-hybridized carbons (Fsp3) is 0.867. The van der Waals surface area contributed by atoms with Crippen LogP contribution in [0.15, 0.2) is 0 Å². The Morgan fingerprint density at radius 1 is 1.28 bits per heavy atom. The van der Waals surface area contributed by atoms with Gasteiger partial charge in [-0.1, -0.05) is 13.8 Å². The van der Waals surface area contributed by atoms with E-state index < -0.39 is 0 Å². The molecule has 4 bridgehead atoms. The highest BCUT2D eigenvalue weighted by Crippen LogP contribution is 2.64. The van der Waals surface area contributed by atoms with Gasteiger partial charge in [0.05, 0.1) is 13.0 Å². The molecule has 0 heterocycles. The molecule has 3 heteroatoms. The lowest BCUT2D eigenvalue weighted by molar-refractivity contribution is -0.152. The molecule has 5 atom stereocenters. The molecule has 3 saturated carbocycles. The number of ketones is 1. The molecule has 3 aliphatic rings. The summed E-state index contributed by atoms with van der Waals surface area (Å²) in [7, 11) is 1.45.